The molecule has 1 fully saturated rings. The normalized spacial score (nSPS) is 16.3. The number of benzene rings is 1. The Morgan fingerprint density at radius 1 is 1.00 bits per heavy atom. The molecule has 1 aliphatic rings. The minimum Gasteiger partial charge on any atom is -0.339 e. The molecule has 1 aliphatic carbocycles. The lowest BCUT2D eigenvalue weighted by atomic mass is 9.96. The number of amides is 2. The van der Waals surface area contributed by atoms with Crippen molar-refractivity contribution in [2.45, 2.75) is 64.0 Å². The van der Waals surface area contributed by atoms with E-state index < -0.39 is 5.54 Å². The van der Waals surface area contributed by atoms with Gasteiger partial charge in [-0.05, 0) is 48.6 Å². The van der Waals surface area contributed by atoms with E-state index in [4.69, 9.17) is 4.52 Å². The van der Waals surface area contributed by atoms with Crippen LogP contribution in [0.2, 0.25) is 0 Å². The summed E-state index contributed by atoms with van der Waals surface area (Å²) in [6, 6.07) is 11.8. The van der Waals surface area contributed by atoms with Crippen LogP contribution in [0.4, 0.5) is 4.79 Å². The highest BCUT2D eigenvalue weighted by Crippen LogP contribution is 2.37. The molecule has 162 valence electrons. The van der Waals surface area contributed by atoms with Crippen LogP contribution in [-0.4, -0.2) is 21.2 Å². The molecule has 2 aromatic heterocycles. The third-order valence-electron chi connectivity index (χ3n) is 5.95. The molecule has 31 heavy (non-hydrogen) atoms. The molecule has 4 rings (SSSR count). The molecule has 0 bridgehead atoms. The summed E-state index contributed by atoms with van der Waals surface area (Å²) in [4.78, 5) is 21.5. The molecule has 3 aromatic rings. The van der Waals surface area contributed by atoms with Gasteiger partial charge in [0.25, 0.3) is 0 Å². The Hall–Kier alpha value is -3.22. The number of carbonyl (C=O) groups is 1. The number of carbonyl (C=O) groups excluding carboxylic acids is 1. The highest BCUT2D eigenvalue weighted by molar-refractivity contribution is 5.75. The lowest BCUT2D eigenvalue weighted by Crippen LogP contribution is -2.49. The molecule has 7 heteroatoms. The lowest BCUT2D eigenvalue weighted by Gasteiger charge is -2.28. The smallest absolute Gasteiger partial charge is 0.316 e. The van der Waals surface area contributed by atoms with E-state index in [0.717, 1.165) is 42.4 Å². The van der Waals surface area contributed by atoms with Crippen LogP contribution in [0, 0.1) is 0 Å². The van der Waals surface area contributed by atoms with Gasteiger partial charge < -0.3 is 15.2 Å². The molecule has 1 saturated carbocycles. The number of rotatable bonds is 6. The number of hydrogen-bond acceptors (Lipinski definition) is 5. The van der Waals surface area contributed by atoms with Gasteiger partial charge in [0.15, 0.2) is 5.82 Å². The molecule has 2 heterocycles. The fourth-order valence-electron chi connectivity index (χ4n) is 4.09. The average molecular weight is 420 g/mol. The van der Waals surface area contributed by atoms with Gasteiger partial charge in [-0.1, -0.05) is 56.1 Å². The van der Waals surface area contributed by atoms with Crippen molar-refractivity contribution in [2.24, 2.45) is 0 Å². The zero-order valence-electron chi connectivity index (χ0n) is 18.3. The fourth-order valence-corrected chi connectivity index (χ4v) is 4.09. The van der Waals surface area contributed by atoms with Crippen LogP contribution in [0.1, 0.15) is 75.7 Å². The Kier molecular flexibility index (Phi) is 6.02. The molecular formula is C24H29N5O2. The first-order valence-corrected chi connectivity index (χ1v) is 10.9. The maximum atomic E-state index is 12.9. The van der Waals surface area contributed by atoms with Gasteiger partial charge >= 0.3 is 6.03 Å². The SMILES string of the molecule is CC(C)c1nc(C2(NC(=O)NC(C)c3ccc(-c4ccncc4)cc3)CCCC2)no1. The van der Waals surface area contributed by atoms with Crippen LogP contribution in [0.5, 0.6) is 0 Å². The second-order valence-electron chi connectivity index (χ2n) is 8.58. The van der Waals surface area contributed by atoms with Crippen molar-refractivity contribution in [1.82, 2.24) is 25.8 Å². The molecule has 0 aliphatic heterocycles. The highest BCUT2D eigenvalue weighted by Gasteiger charge is 2.41. The molecule has 2 N–H and O–H groups in total. The number of urea groups is 1. The van der Waals surface area contributed by atoms with Crippen LogP contribution >= 0.6 is 0 Å². The van der Waals surface area contributed by atoms with Crippen LogP contribution in [0.3, 0.4) is 0 Å². The van der Waals surface area contributed by atoms with Crippen LogP contribution in [0.15, 0.2) is 53.3 Å². The largest absolute Gasteiger partial charge is 0.339 e. The zero-order valence-corrected chi connectivity index (χ0v) is 18.3. The van der Waals surface area contributed by atoms with E-state index in [1.54, 1.807) is 12.4 Å². The molecule has 1 unspecified atom stereocenters. The first kappa shape index (κ1) is 21.0. The molecule has 7 nitrogen and oxygen atoms in total. The van der Waals surface area contributed by atoms with Crippen molar-refractivity contribution >= 4 is 6.03 Å². The van der Waals surface area contributed by atoms with Crippen molar-refractivity contribution in [1.29, 1.82) is 0 Å². The van der Waals surface area contributed by atoms with E-state index in [1.807, 2.05) is 45.0 Å². The third kappa shape index (κ3) is 4.60. The maximum absolute atomic E-state index is 12.9. The quantitative estimate of drug-likeness (QED) is 0.581. The van der Waals surface area contributed by atoms with E-state index in [9.17, 15) is 4.79 Å². The number of nitrogens with one attached hydrogen (secondary N) is 2. The molecule has 1 aromatic carbocycles. The minimum atomic E-state index is -0.564. The standard InChI is InChI=1S/C24H29N5O2/c1-16(2)21-27-22(29-31-21)24(12-4-5-13-24)28-23(30)26-17(3)18-6-8-19(9-7-18)20-10-14-25-15-11-20/h6-11,14-17H,4-5,12-13H2,1-3H3,(H2,26,28,30). The predicted molar refractivity (Wildman–Crippen MR) is 118 cm³/mol. The molecule has 0 radical (unpaired) electrons. The van der Waals surface area contributed by atoms with Crippen molar-refractivity contribution in [3.8, 4) is 11.1 Å². The van der Waals surface area contributed by atoms with E-state index in [2.05, 4.69) is 37.9 Å². The van der Waals surface area contributed by atoms with E-state index in [-0.39, 0.29) is 18.0 Å². The molecule has 0 spiro atoms. The minimum absolute atomic E-state index is 0.138. The first-order chi connectivity index (χ1) is 15.0. The summed E-state index contributed by atoms with van der Waals surface area (Å²) in [5.74, 6) is 1.34. The monoisotopic (exact) mass is 419 g/mol. The molecule has 1 atom stereocenters. The first-order valence-electron chi connectivity index (χ1n) is 10.9. The summed E-state index contributed by atoms with van der Waals surface area (Å²) in [6.45, 7) is 6.01. The Morgan fingerprint density at radius 3 is 2.26 bits per heavy atom. The van der Waals surface area contributed by atoms with Gasteiger partial charge in [-0.3, -0.25) is 4.98 Å². The van der Waals surface area contributed by atoms with Gasteiger partial charge in [0.2, 0.25) is 5.89 Å². The Labute approximate surface area is 182 Å². The topological polar surface area (TPSA) is 92.9 Å². The Balaban J connectivity index is 1.43. The maximum Gasteiger partial charge on any atom is 0.316 e. The van der Waals surface area contributed by atoms with Gasteiger partial charge in [-0.25, -0.2) is 4.79 Å². The second-order valence-corrected chi connectivity index (χ2v) is 8.58. The van der Waals surface area contributed by atoms with Gasteiger partial charge in [0.05, 0.1) is 6.04 Å². The summed E-state index contributed by atoms with van der Waals surface area (Å²) >= 11 is 0. The van der Waals surface area contributed by atoms with Gasteiger partial charge in [0, 0.05) is 18.3 Å². The average Bonchev–Trinajstić information content (AvgIpc) is 3.45. The summed E-state index contributed by atoms with van der Waals surface area (Å²) in [5.41, 5.74) is 2.70. The number of pyridine rings is 1. The molecular weight excluding hydrogens is 390 g/mol. The van der Waals surface area contributed by atoms with Gasteiger partial charge in [-0.2, -0.15) is 4.98 Å². The highest BCUT2D eigenvalue weighted by atomic mass is 16.5. The van der Waals surface area contributed by atoms with E-state index >= 15 is 0 Å². The summed E-state index contributed by atoms with van der Waals surface area (Å²) < 4.78 is 5.41. The fraction of sp³-hybridized carbons (Fsp3) is 0.417. The van der Waals surface area contributed by atoms with Gasteiger partial charge in [-0.15, -0.1) is 0 Å². The summed E-state index contributed by atoms with van der Waals surface area (Å²) in [5, 5.41) is 10.4. The van der Waals surface area contributed by atoms with Crippen molar-refractivity contribution in [2.75, 3.05) is 0 Å². The Morgan fingerprint density at radius 2 is 1.65 bits per heavy atom. The van der Waals surface area contributed by atoms with Crippen molar-refractivity contribution in [3.63, 3.8) is 0 Å². The molecule has 2 amide bonds. The molecule has 0 saturated heterocycles. The lowest BCUT2D eigenvalue weighted by molar-refractivity contribution is 0.217. The number of aromatic nitrogens is 3. The van der Waals surface area contributed by atoms with E-state index in [0.29, 0.717) is 11.7 Å². The van der Waals surface area contributed by atoms with E-state index in [1.165, 1.54) is 0 Å². The van der Waals surface area contributed by atoms with Crippen molar-refractivity contribution in [3.05, 3.63) is 66.1 Å². The van der Waals surface area contributed by atoms with Crippen LogP contribution in [-0.2, 0) is 5.54 Å². The van der Waals surface area contributed by atoms with Gasteiger partial charge in [0.1, 0.15) is 5.54 Å². The van der Waals surface area contributed by atoms with Crippen LogP contribution < -0.4 is 10.6 Å². The van der Waals surface area contributed by atoms with Crippen molar-refractivity contribution < 1.29 is 9.32 Å². The summed E-state index contributed by atoms with van der Waals surface area (Å²) in [7, 11) is 0. The number of nitrogens with zero attached hydrogens (tertiary/aromatic N) is 3. The Bertz CT molecular complexity index is 1010. The summed E-state index contributed by atoms with van der Waals surface area (Å²) in [6.07, 6.45) is 7.24. The zero-order chi connectivity index (χ0) is 21.8. The second kappa shape index (κ2) is 8.88. The predicted octanol–water partition coefficient (Wildman–Crippen LogP) is 5.08. The third-order valence-corrected chi connectivity index (χ3v) is 5.95. The number of hydrogen-bond donors (Lipinski definition) is 2. The van der Waals surface area contributed by atoms with Crippen LogP contribution in [0.25, 0.3) is 11.1 Å².